The average Bonchev–Trinajstić information content (AvgIpc) is 1.82. The Balaban J connectivity index is 2.56. The first-order valence-electron chi connectivity index (χ1n) is 2.14. The van der Waals surface area contributed by atoms with Crippen LogP contribution in [0.3, 0.4) is 0 Å². The molecular weight excluding hydrogens is 118 g/mol. The van der Waals surface area contributed by atoms with Crippen molar-refractivity contribution >= 4 is 5.97 Å². The van der Waals surface area contributed by atoms with Crippen molar-refractivity contribution in [2.75, 3.05) is 6.61 Å². The van der Waals surface area contributed by atoms with Gasteiger partial charge in [-0.25, -0.2) is 8.78 Å². The van der Waals surface area contributed by atoms with Gasteiger partial charge in [-0.1, -0.05) is 0 Å². The Morgan fingerprint density at radius 1 is 1.62 bits per heavy atom. The predicted octanol–water partition coefficient (Wildman–Crippen LogP) is 0.569. The monoisotopic (exact) mass is 122 g/mol. The summed E-state index contributed by atoms with van der Waals surface area (Å²) in [4.78, 5) is 9.96. The van der Waals surface area contributed by atoms with E-state index in [4.69, 9.17) is 0 Å². The molecule has 0 unspecified atom stereocenters. The van der Waals surface area contributed by atoms with E-state index in [-0.39, 0.29) is 0 Å². The van der Waals surface area contributed by atoms with Gasteiger partial charge >= 0.3 is 5.97 Å². The summed E-state index contributed by atoms with van der Waals surface area (Å²) in [5.74, 6) is -3.72. The lowest BCUT2D eigenvalue weighted by Gasteiger charge is -1.98. The van der Waals surface area contributed by atoms with Crippen LogP contribution in [0, 0.1) is 0 Å². The van der Waals surface area contributed by atoms with Crippen LogP contribution in [0.1, 0.15) is 6.42 Å². The van der Waals surface area contributed by atoms with E-state index in [0.29, 0.717) is 0 Å². The Hall–Kier alpha value is -0.670. The number of carbonyl (C=O) groups excluding carboxylic acids is 1. The molecule has 0 atom stereocenters. The van der Waals surface area contributed by atoms with Gasteiger partial charge in [0, 0.05) is 0 Å². The van der Waals surface area contributed by atoms with Crippen LogP contribution in [0.5, 0.6) is 0 Å². The molecule has 0 aromatic rings. The Morgan fingerprint density at radius 2 is 2.25 bits per heavy atom. The lowest BCUT2D eigenvalue weighted by Crippen LogP contribution is -2.14. The van der Waals surface area contributed by atoms with Gasteiger partial charge in [0.2, 0.25) is 0 Å². The molecule has 1 aliphatic rings. The molecule has 4 heteroatoms. The minimum Gasteiger partial charge on any atom is -0.459 e. The van der Waals surface area contributed by atoms with Crippen molar-refractivity contribution < 1.29 is 18.3 Å². The maximum atomic E-state index is 11.8. The number of hydrogen-bond donors (Lipinski definition) is 0. The van der Waals surface area contributed by atoms with Crippen molar-refractivity contribution in [1.29, 1.82) is 0 Å². The number of rotatable bonds is 0. The summed E-state index contributed by atoms with van der Waals surface area (Å²) in [5, 5.41) is 0. The minimum atomic E-state index is -2.91. The fourth-order valence-corrected chi connectivity index (χ4v) is 0.499. The van der Waals surface area contributed by atoms with Gasteiger partial charge in [0.05, 0.1) is 0 Å². The topological polar surface area (TPSA) is 26.3 Å². The third kappa shape index (κ3) is 0.936. The van der Waals surface area contributed by atoms with E-state index in [2.05, 4.69) is 4.74 Å². The fraction of sp³-hybridized carbons (Fsp3) is 0.750. The molecule has 0 radical (unpaired) electrons. The van der Waals surface area contributed by atoms with Crippen LogP contribution in [0.4, 0.5) is 8.78 Å². The zero-order valence-electron chi connectivity index (χ0n) is 3.99. The molecule has 0 N–H and O–H groups in total. The molecule has 0 aromatic carbocycles. The highest BCUT2D eigenvalue weighted by Crippen LogP contribution is 2.24. The van der Waals surface area contributed by atoms with Crippen molar-refractivity contribution in [1.82, 2.24) is 0 Å². The number of ether oxygens (including phenoxy) is 1. The fourth-order valence-electron chi connectivity index (χ4n) is 0.499. The first-order chi connectivity index (χ1) is 3.60. The van der Waals surface area contributed by atoms with Crippen molar-refractivity contribution in [3.63, 3.8) is 0 Å². The molecule has 0 amide bonds. The second-order valence-corrected chi connectivity index (χ2v) is 1.69. The number of cyclic esters (lactones) is 1. The number of hydrogen-bond acceptors (Lipinski definition) is 2. The Morgan fingerprint density at radius 3 is 2.38 bits per heavy atom. The van der Waals surface area contributed by atoms with Gasteiger partial charge in [-0.3, -0.25) is 4.79 Å². The summed E-state index contributed by atoms with van der Waals surface area (Å²) in [6, 6.07) is 0. The molecule has 1 rings (SSSR count). The quantitative estimate of drug-likeness (QED) is 0.439. The lowest BCUT2D eigenvalue weighted by molar-refractivity contribution is -0.137. The predicted molar refractivity (Wildman–Crippen MR) is 20.5 cm³/mol. The molecule has 0 spiro atoms. The van der Waals surface area contributed by atoms with Crippen molar-refractivity contribution in [2.45, 2.75) is 12.3 Å². The van der Waals surface area contributed by atoms with Gasteiger partial charge in [0.1, 0.15) is 6.42 Å². The highest BCUT2D eigenvalue weighted by molar-refractivity contribution is 5.72. The Bertz CT molecular complexity index is 121. The van der Waals surface area contributed by atoms with Gasteiger partial charge < -0.3 is 4.74 Å². The molecule has 0 bridgehead atoms. The zero-order chi connectivity index (χ0) is 6.20. The van der Waals surface area contributed by atoms with Crippen LogP contribution < -0.4 is 0 Å². The second-order valence-electron chi connectivity index (χ2n) is 1.69. The minimum absolute atomic E-state index is 0.744. The normalized spacial score (nSPS) is 25.5. The maximum Gasteiger partial charge on any atom is 0.312 e. The van der Waals surface area contributed by atoms with Crippen molar-refractivity contribution in [3.05, 3.63) is 0 Å². The van der Waals surface area contributed by atoms with Gasteiger partial charge in [-0.2, -0.15) is 0 Å². The summed E-state index contributed by atoms with van der Waals surface area (Å²) in [7, 11) is 0. The van der Waals surface area contributed by atoms with Crippen LogP contribution in [0.25, 0.3) is 0 Å². The first kappa shape index (κ1) is 5.47. The molecule has 8 heavy (non-hydrogen) atoms. The number of esters is 1. The second kappa shape index (κ2) is 1.40. The number of halogens is 2. The number of carbonyl (C=O) groups is 1. The van der Waals surface area contributed by atoms with E-state index in [0.717, 1.165) is 0 Å². The van der Waals surface area contributed by atoms with Gasteiger partial charge in [0.25, 0.3) is 5.92 Å². The van der Waals surface area contributed by atoms with E-state index in [1.54, 1.807) is 0 Å². The van der Waals surface area contributed by atoms with E-state index >= 15 is 0 Å². The summed E-state index contributed by atoms with van der Waals surface area (Å²) in [6.07, 6.45) is -0.757. The van der Waals surface area contributed by atoms with Crippen LogP contribution in [0.2, 0.25) is 0 Å². The van der Waals surface area contributed by atoms with Gasteiger partial charge in [-0.05, 0) is 0 Å². The van der Waals surface area contributed by atoms with E-state index in [1.807, 2.05) is 0 Å². The molecule has 2 nitrogen and oxygen atoms in total. The van der Waals surface area contributed by atoms with Crippen molar-refractivity contribution in [3.8, 4) is 0 Å². The lowest BCUT2D eigenvalue weighted by atomic mass is 10.3. The Kier molecular flexibility index (Phi) is 0.957. The molecule has 1 saturated heterocycles. The first-order valence-corrected chi connectivity index (χ1v) is 2.14. The summed E-state index contributed by atoms with van der Waals surface area (Å²) in [5.41, 5.74) is 0. The molecule has 1 aliphatic heterocycles. The van der Waals surface area contributed by atoms with E-state index < -0.39 is 24.9 Å². The molecule has 1 fully saturated rings. The maximum absolute atomic E-state index is 11.8. The third-order valence-electron chi connectivity index (χ3n) is 0.847. The molecule has 0 aliphatic carbocycles. The van der Waals surface area contributed by atoms with Crippen LogP contribution >= 0.6 is 0 Å². The summed E-state index contributed by atoms with van der Waals surface area (Å²) < 4.78 is 27.7. The highest BCUT2D eigenvalue weighted by atomic mass is 19.3. The smallest absolute Gasteiger partial charge is 0.312 e. The summed E-state index contributed by atoms with van der Waals surface area (Å²) >= 11 is 0. The van der Waals surface area contributed by atoms with Crippen molar-refractivity contribution in [2.24, 2.45) is 0 Å². The van der Waals surface area contributed by atoms with E-state index in [9.17, 15) is 13.6 Å². The molecule has 0 saturated carbocycles. The van der Waals surface area contributed by atoms with Crippen LogP contribution in [-0.2, 0) is 9.53 Å². The molecule has 1 heterocycles. The standard InChI is InChI=1S/C4H4F2O2/c5-4(6)1-3(7)8-2-4/h1-2H2. The Labute approximate surface area is 44.4 Å². The summed E-state index contributed by atoms with van der Waals surface area (Å²) in [6.45, 7) is -0.744. The zero-order valence-corrected chi connectivity index (χ0v) is 3.99. The molecular formula is C4H4F2O2. The largest absolute Gasteiger partial charge is 0.459 e. The average molecular weight is 122 g/mol. The number of alkyl halides is 2. The highest BCUT2D eigenvalue weighted by Gasteiger charge is 2.40. The molecule has 46 valence electrons. The van der Waals surface area contributed by atoms with Gasteiger partial charge in [-0.15, -0.1) is 0 Å². The third-order valence-corrected chi connectivity index (χ3v) is 0.847. The van der Waals surface area contributed by atoms with Crippen LogP contribution in [0.15, 0.2) is 0 Å². The molecule has 0 aromatic heterocycles. The SMILES string of the molecule is O=C1CC(F)(F)CO1. The van der Waals surface area contributed by atoms with E-state index in [1.165, 1.54) is 0 Å². The van der Waals surface area contributed by atoms with Gasteiger partial charge in [0.15, 0.2) is 6.61 Å². The van der Waals surface area contributed by atoms with Crippen LogP contribution in [-0.4, -0.2) is 18.5 Å².